The van der Waals surface area contributed by atoms with E-state index in [-0.39, 0.29) is 0 Å². The molecule has 16 heavy (non-hydrogen) atoms. The van der Waals surface area contributed by atoms with Crippen LogP contribution in [0.5, 0.6) is 0 Å². The van der Waals surface area contributed by atoms with E-state index in [1.165, 1.54) is 49.7 Å². The Morgan fingerprint density at radius 2 is 2.06 bits per heavy atom. The molecule has 0 bridgehead atoms. The van der Waals surface area contributed by atoms with Crippen molar-refractivity contribution in [3.05, 3.63) is 35.4 Å². The fourth-order valence-corrected chi connectivity index (χ4v) is 3.05. The highest BCUT2D eigenvalue weighted by Crippen LogP contribution is 2.41. The number of hydrogen-bond donors (Lipinski definition) is 1. The van der Waals surface area contributed by atoms with Gasteiger partial charge in [-0.25, -0.2) is 0 Å². The van der Waals surface area contributed by atoms with Crippen LogP contribution in [0.2, 0.25) is 0 Å². The van der Waals surface area contributed by atoms with Gasteiger partial charge >= 0.3 is 0 Å². The van der Waals surface area contributed by atoms with E-state index in [0.29, 0.717) is 5.41 Å². The standard InChI is InChI=1S/C15H23N/c1-2-3-6-10-15(12-16)11-9-13-7-4-5-8-14(13)15/h4-5,7-8H,2-3,6,9-12,16H2,1H3. The third-order valence-electron chi connectivity index (χ3n) is 4.11. The Balaban J connectivity index is 2.17. The van der Waals surface area contributed by atoms with Crippen LogP contribution in [0.3, 0.4) is 0 Å². The number of fused-ring (bicyclic) bond motifs is 1. The van der Waals surface area contributed by atoms with Gasteiger partial charge in [0.25, 0.3) is 0 Å². The van der Waals surface area contributed by atoms with Crippen LogP contribution in [0, 0.1) is 0 Å². The number of nitrogens with two attached hydrogens (primary N) is 1. The lowest BCUT2D eigenvalue weighted by Gasteiger charge is -2.29. The monoisotopic (exact) mass is 217 g/mol. The molecule has 1 heteroatoms. The summed E-state index contributed by atoms with van der Waals surface area (Å²) in [7, 11) is 0. The van der Waals surface area contributed by atoms with Crippen LogP contribution >= 0.6 is 0 Å². The molecule has 1 atom stereocenters. The Bertz CT molecular complexity index is 345. The van der Waals surface area contributed by atoms with Crippen LogP contribution in [0.1, 0.15) is 50.2 Å². The quantitative estimate of drug-likeness (QED) is 0.751. The highest BCUT2D eigenvalue weighted by molar-refractivity contribution is 5.39. The van der Waals surface area contributed by atoms with Gasteiger partial charge in [-0.3, -0.25) is 0 Å². The highest BCUT2D eigenvalue weighted by Gasteiger charge is 2.36. The van der Waals surface area contributed by atoms with Gasteiger partial charge < -0.3 is 5.73 Å². The number of aryl methyl sites for hydroxylation is 1. The largest absolute Gasteiger partial charge is 0.330 e. The van der Waals surface area contributed by atoms with Crippen LogP contribution in [0.4, 0.5) is 0 Å². The van der Waals surface area contributed by atoms with E-state index < -0.39 is 0 Å². The highest BCUT2D eigenvalue weighted by atomic mass is 14.6. The van der Waals surface area contributed by atoms with E-state index in [1.807, 2.05) is 0 Å². The first kappa shape index (κ1) is 11.7. The van der Waals surface area contributed by atoms with Gasteiger partial charge in [0, 0.05) is 12.0 Å². The molecule has 2 rings (SSSR count). The van der Waals surface area contributed by atoms with Crippen molar-refractivity contribution >= 4 is 0 Å². The average Bonchev–Trinajstić information content (AvgIpc) is 2.70. The fraction of sp³-hybridized carbons (Fsp3) is 0.600. The summed E-state index contributed by atoms with van der Waals surface area (Å²) < 4.78 is 0. The zero-order valence-electron chi connectivity index (χ0n) is 10.3. The zero-order valence-corrected chi connectivity index (χ0v) is 10.3. The molecule has 0 spiro atoms. The molecule has 0 radical (unpaired) electrons. The molecular formula is C15H23N. The second-order valence-electron chi connectivity index (χ2n) is 5.10. The Hall–Kier alpha value is -0.820. The van der Waals surface area contributed by atoms with Gasteiger partial charge in [-0.15, -0.1) is 0 Å². The lowest BCUT2D eigenvalue weighted by molar-refractivity contribution is 0.383. The van der Waals surface area contributed by atoms with E-state index >= 15 is 0 Å². The first-order valence-electron chi connectivity index (χ1n) is 6.61. The molecule has 1 unspecified atom stereocenters. The summed E-state index contributed by atoms with van der Waals surface area (Å²) in [6, 6.07) is 8.87. The summed E-state index contributed by atoms with van der Waals surface area (Å²) in [6.07, 6.45) is 7.70. The molecule has 0 fully saturated rings. The first-order valence-corrected chi connectivity index (χ1v) is 6.61. The maximum absolute atomic E-state index is 6.07. The topological polar surface area (TPSA) is 26.0 Å². The molecule has 0 heterocycles. The molecule has 1 aliphatic carbocycles. The SMILES string of the molecule is CCCCCC1(CN)CCc2ccccc21. The fourth-order valence-electron chi connectivity index (χ4n) is 3.05. The maximum Gasteiger partial charge on any atom is 0.00814 e. The van der Waals surface area contributed by atoms with Crippen molar-refractivity contribution in [3.63, 3.8) is 0 Å². The number of hydrogen-bond acceptors (Lipinski definition) is 1. The third-order valence-corrected chi connectivity index (χ3v) is 4.11. The smallest absolute Gasteiger partial charge is 0.00814 e. The Morgan fingerprint density at radius 3 is 2.81 bits per heavy atom. The predicted molar refractivity (Wildman–Crippen MR) is 69.6 cm³/mol. The normalized spacial score (nSPS) is 23.4. The maximum atomic E-state index is 6.07. The summed E-state index contributed by atoms with van der Waals surface area (Å²) in [4.78, 5) is 0. The zero-order chi connectivity index (χ0) is 11.4. The minimum atomic E-state index is 0.297. The Kier molecular flexibility index (Phi) is 3.65. The van der Waals surface area contributed by atoms with Crippen molar-refractivity contribution in [1.29, 1.82) is 0 Å². The van der Waals surface area contributed by atoms with Crippen molar-refractivity contribution in [1.82, 2.24) is 0 Å². The van der Waals surface area contributed by atoms with E-state index in [2.05, 4.69) is 31.2 Å². The number of benzene rings is 1. The van der Waals surface area contributed by atoms with Gasteiger partial charge in [-0.2, -0.15) is 0 Å². The molecule has 1 aromatic rings. The van der Waals surface area contributed by atoms with E-state index in [0.717, 1.165) is 6.54 Å². The molecule has 0 aliphatic heterocycles. The number of rotatable bonds is 5. The van der Waals surface area contributed by atoms with E-state index in [4.69, 9.17) is 5.73 Å². The van der Waals surface area contributed by atoms with Crippen LogP contribution in [0.15, 0.2) is 24.3 Å². The van der Waals surface area contributed by atoms with Gasteiger partial charge in [-0.05, 0) is 30.4 Å². The Labute approximate surface area is 99.0 Å². The lowest BCUT2D eigenvalue weighted by Crippen LogP contribution is -2.32. The summed E-state index contributed by atoms with van der Waals surface area (Å²) in [5.74, 6) is 0. The molecular weight excluding hydrogens is 194 g/mol. The van der Waals surface area contributed by atoms with Crippen LogP contribution in [-0.2, 0) is 11.8 Å². The molecule has 2 N–H and O–H groups in total. The summed E-state index contributed by atoms with van der Waals surface area (Å²) in [5, 5.41) is 0. The molecule has 0 amide bonds. The van der Waals surface area contributed by atoms with Crippen LogP contribution in [0.25, 0.3) is 0 Å². The van der Waals surface area contributed by atoms with Crippen molar-refractivity contribution in [3.8, 4) is 0 Å². The summed E-state index contributed by atoms with van der Waals surface area (Å²) in [5.41, 5.74) is 9.43. The molecule has 88 valence electrons. The van der Waals surface area contributed by atoms with Crippen molar-refractivity contribution < 1.29 is 0 Å². The molecule has 0 saturated heterocycles. The van der Waals surface area contributed by atoms with Crippen molar-refractivity contribution in [2.24, 2.45) is 5.73 Å². The molecule has 1 aliphatic rings. The second kappa shape index (κ2) is 5.01. The van der Waals surface area contributed by atoms with Gasteiger partial charge in [0.05, 0.1) is 0 Å². The Morgan fingerprint density at radius 1 is 1.25 bits per heavy atom. The van der Waals surface area contributed by atoms with Gasteiger partial charge in [0.15, 0.2) is 0 Å². The lowest BCUT2D eigenvalue weighted by atomic mass is 9.77. The average molecular weight is 217 g/mol. The van der Waals surface area contributed by atoms with Crippen LogP contribution < -0.4 is 5.73 Å². The van der Waals surface area contributed by atoms with E-state index in [1.54, 1.807) is 0 Å². The van der Waals surface area contributed by atoms with Gasteiger partial charge in [0.1, 0.15) is 0 Å². The molecule has 1 nitrogen and oxygen atoms in total. The van der Waals surface area contributed by atoms with Gasteiger partial charge in [-0.1, -0.05) is 50.5 Å². The second-order valence-corrected chi connectivity index (χ2v) is 5.10. The predicted octanol–water partition coefficient (Wildman–Crippen LogP) is 3.41. The van der Waals surface area contributed by atoms with Crippen molar-refractivity contribution in [2.75, 3.05) is 6.54 Å². The van der Waals surface area contributed by atoms with Crippen LogP contribution in [-0.4, -0.2) is 6.54 Å². The van der Waals surface area contributed by atoms with Crippen molar-refractivity contribution in [2.45, 2.75) is 50.9 Å². The third kappa shape index (κ3) is 2.01. The molecule has 1 aromatic carbocycles. The van der Waals surface area contributed by atoms with Gasteiger partial charge in [0.2, 0.25) is 0 Å². The summed E-state index contributed by atoms with van der Waals surface area (Å²) in [6.45, 7) is 3.07. The first-order chi connectivity index (χ1) is 7.82. The minimum Gasteiger partial charge on any atom is -0.330 e. The summed E-state index contributed by atoms with van der Waals surface area (Å²) >= 11 is 0. The number of unbranched alkanes of at least 4 members (excludes halogenated alkanes) is 2. The molecule has 0 aromatic heterocycles. The molecule has 0 saturated carbocycles. The van der Waals surface area contributed by atoms with E-state index in [9.17, 15) is 0 Å². The minimum absolute atomic E-state index is 0.297.